The number of hydrogen-bond donors (Lipinski definition) is 0. The Morgan fingerprint density at radius 1 is 0.552 bits per heavy atom. The summed E-state index contributed by atoms with van der Waals surface area (Å²) in [6, 6.07) is 30.1. The molecule has 0 aliphatic heterocycles. The van der Waals surface area contributed by atoms with E-state index in [4.69, 9.17) is 0 Å². The van der Waals surface area contributed by atoms with Crippen molar-refractivity contribution in [3.8, 4) is 22.3 Å². The van der Waals surface area contributed by atoms with Crippen LogP contribution in [0.4, 0.5) is 13.2 Å². The van der Waals surface area contributed by atoms with E-state index in [0.717, 1.165) is 34.4 Å². The second kappa shape index (κ2) is 6.63. The molecule has 0 nitrogen and oxygen atoms in total. The molecule has 0 radical (unpaired) electrons. The minimum Gasteiger partial charge on any atom is -0.166 e. The Balaban J connectivity index is 1.72. The van der Waals surface area contributed by atoms with Crippen molar-refractivity contribution >= 4 is 0 Å². The number of benzene rings is 4. The van der Waals surface area contributed by atoms with Crippen molar-refractivity contribution in [3.05, 3.63) is 119 Å². The molecule has 0 aromatic heterocycles. The average Bonchev–Trinajstić information content (AvgIpc) is 3.08. The number of halogens is 3. The first-order chi connectivity index (χ1) is 14.0. The Morgan fingerprint density at radius 3 is 1.90 bits per heavy atom. The number of alkyl halides is 3. The minimum absolute atomic E-state index is 0.0564. The van der Waals surface area contributed by atoms with Gasteiger partial charge in [0, 0.05) is 5.92 Å². The Bertz CT molecular complexity index is 1170. The normalized spacial score (nSPS) is 15.1. The molecular formula is C26H17F3. The molecule has 4 aromatic rings. The molecule has 1 atom stereocenters. The lowest BCUT2D eigenvalue weighted by atomic mass is 9.85. The lowest BCUT2D eigenvalue weighted by Crippen LogP contribution is -2.04. The van der Waals surface area contributed by atoms with E-state index < -0.39 is 11.7 Å². The molecule has 29 heavy (non-hydrogen) atoms. The summed E-state index contributed by atoms with van der Waals surface area (Å²) in [4.78, 5) is 0. The van der Waals surface area contributed by atoms with Crippen molar-refractivity contribution in [2.45, 2.75) is 12.1 Å². The fraction of sp³-hybridized carbons (Fsp3) is 0.0769. The third-order valence-electron chi connectivity index (χ3n) is 5.61. The van der Waals surface area contributed by atoms with Gasteiger partial charge in [0.15, 0.2) is 0 Å². The van der Waals surface area contributed by atoms with E-state index in [1.165, 1.54) is 16.7 Å². The van der Waals surface area contributed by atoms with Crippen molar-refractivity contribution in [1.29, 1.82) is 0 Å². The Kier molecular flexibility index (Phi) is 4.06. The Morgan fingerprint density at radius 2 is 1.17 bits per heavy atom. The molecule has 3 heteroatoms. The number of hydrogen-bond acceptors (Lipinski definition) is 0. The van der Waals surface area contributed by atoms with Gasteiger partial charge in [0.25, 0.3) is 0 Å². The molecule has 0 fully saturated rings. The van der Waals surface area contributed by atoms with Crippen molar-refractivity contribution in [3.63, 3.8) is 0 Å². The Labute approximate surface area is 167 Å². The summed E-state index contributed by atoms with van der Waals surface area (Å²) < 4.78 is 39.0. The van der Waals surface area contributed by atoms with Gasteiger partial charge in [0.2, 0.25) is 0 Å². The second-order valence-corrected chi connectivity index (χ2v) is 7.27. The quantitative estimate of drug-likeness (QED) is 0.294. The average molecular weight is 386 g/mol. The van der Waals surface area contributed by atoms with Crippen LogP contribution >= 0.6 is 0 Å². The Hall–Kier alpha value is -3.33. The van der Waals surface area contributed by atoms with E-state index in [2.05, 4.69) is 30.3 Å². The largest absolute Gasteiger partial charge is 0.416 e. The first kappa shape index (κ1) is 17.7. The van der Waals surface area contributed by atoms with E-state index in [0.29, 0.717) is 0 Å². The highest BCUT2D eigenvalue weighted by atomic mass is 19.4. The van der Waals surface area contributed by atoms with E-state index >= 15 is 0 Å². The maximum Gasteiger partial charge on any atom is 0.416 e. The lowest BCUT2D eigenvalue weighted by Gasteiger charge is -2.18. The fourth-order valence-electron chi connectivity index (χ4n) is 4.34. The molecule has 5 rings (SSSR count). The van der Waals surface area contributed by atoms with Crippen LogP contribution in [0, 0.1) is 0 Å². The fourth-order valence-corrected chi connectivity index (χ4v) is 4.34. The molecule has 0 amide bonds. The van der Waals surface area contributed by atoms with Gasteiger partial charge >= 0.3 is 6.18 Å². The molecule has 0 saturated heterocycles. The maximum absolute atomic E-state index is 13.0. The lowest BCUT2D eigenvalue weighted by molar-refractivity contribution is -0.137. The van der Waals surface area contributed by atoms with Crippen LogP contribution < -0.4 is 0 Å². The van der Waals surface area contributed by atoms with Gasteiger partial charge in [-0.3, -0.25) is 0 Å². The first-order valence-corrected chi connectivity index (χ1v) is 9.49. The molecule has 1 aliphatic rings. The van der Waals surface area contributed by atoms with E-state index in [1.807, 2.05) is 42.5 Å². The van der Waals surface area contributed by atoms with Crippen molar-refractivity contribution in [1.82, 2.24) is 0 Å². The predicted octanol–water partition coefficient (Wildman–Crippen LogP) is 7.53. The zero-order chi connectivity index (χ0) is 20.0. The van der Waals surface area contributed by atoms with Crippen LogP contribution in [0.25, 0.3) is 22.3 Å². The molecule has 0 spiro atoms. The minimum atomic E-state index is -4.33. The molecule has 0 heterocycles. The smallest absolute Gasteiger partial charge is 0.166 e. The first-order valence-electron chi connectivity index (χ1n) is 9.49. The molecule has 1 unspecified atom stereocenters. The van der Waals surface area contributed by atoms with Gasteiger partial charge in [-0.2, -0.15) is 13.2 Å². The van der Waals surface area contributed by atoms with Gasteiger partial charge in [0.1, 0.15) is 0 Å². The standard InChI is InChI=1S/C26H17F3/c27-26(28,29)19-15-13-17(14-16-19)20-11-6-12-23-21-9-4-5-10-22(21)24(25(20)23)18-7-2-1-3-8-18/h1-16,24H. The number of rotatable bonds is 2. The number of fused-ring (bicyclic) bond motifs is 3. The van der Waals surface area contributed by atoms with E-state index in [9.17, 15) is 13.2 Å². The van der Waals surface area contributed by atoms with E-state index in [-0.39, 0.29) is 5.92 Å². The van der Waals surface area contributed by atoms with Crippen LogP contribution in [0.3, 0.4) is 0 Å². The molecule has 1 aliphatic carbocycles. The summed E-state index contributed by atoms with van der Waals surface area (Å²) in [6.45, 7) is 0. The van der Waals surface area contributed by atoms with Crippen LogP contribution in [-0.4, -0.2) is 0 Å². The third kappa shape index (κ3) is 2.94. The van der Waals surface area contributed by atoms with Crippen LogP contribution in [0.1, 0.15) is 28.2 Å². The zero-order valence-corrected chi connectivity index (χ0v) is 15.4. The van der Waals surface area contributed by atoms with Crippen molar-refractivity contribution in [2.75, 3.05) is 0 Å². The molecular weight excluding hydrogens is 369 g/mol. The van der Waals surface area contributed by atoms with Crippen LogP contribution in [0.15, 0.2) is 97.1 Å². The summed E-state index contributed by atoms with van der Waals surface area (Å²) >= 11 is 0. The SMILES string of the molecule is FC(F)(F)c1ccc(-c2cccc3c2C(c2ccccc2)c2ccccc2-3)cc1. The summed E-state index contributed by atoms with van der Waals surface area (Å²) in [5, 5.41) is 0. The van der Waals surface area contributed by atoms with Crippen molar-refractivity contribution < 1.29 is 13.2 Å². The summed E-state index contributed by atoms with van der Waals surface area (Å²) in [7, 11) is 0. The van der Waals surface area contributed by atoms with Crippen LogP contribution in [0.5, 0.6) is 0 Å². The van der Waals surface area contributed by atoms with Crippen molar-refractivity contribution in [2.24, 2.45) is 0 Å². The van der Waals surface area contributed by atoms with Gasteiger partial charge in [-0.15, -0.1) is 0 Å². The predicted molar refractivity (Wildman–Crippen MR) is 110 cm³/mol. The summed E-state index contributed by atoms with van der Waals surface area (Å²) in [5.74, 6) is 0.0564. The monoisotopic (exact) mass is 386 g/mol. The third-order valence-corrected chi connectivity index (χ3v) is 5.61. The van der Waals surface area contributed by atoms with Gasteiger partial charge in [-0.1, -0.05) is 84.9 Å². The molecule has 142 valence electrons. The molecule has 4 aromatic carbocycles. The second-order valence-electron chi connectivity index (χ2n) is 7.27. The van der Waals surface area contributed by atoms with Gasteiger partial charge in [-0.25, -0.2) is 0 Å². The summed E-state index contributed by atoms with van der Waals surface area (Å²) in [5.41, 5.74) is 7.03. The topological polar surface area (TPSA) is 0 Å². The molecule has 0 N–H and O–H groups in total. The summed E-state index contributed by atoms with van der Waals surface area (Å²) in [6.07, 6.45) is -4.33. The highest BCUT2D eigenvalue weighted by molar-refractivity contribution is 5.88. The zero-order valence-electron chi connectivity index (χ0n) is 15.4. The van der Waals surface area contributed by atoms with Crippen LogP contribution in [-0.2, 0) is 6.18 Å². The van der Waals surface area contributed by atoms with Gasteiger partial charge in [0.05, 0.1) is 5.56 Å². The highest BCUT2D eigenvalue weighted by Crippen LogP contribution is 2.51. The van der Waals surface area contributed by atoms with E-state index in [1.54, 1.807) is 12.1 Å². The maximum atomic E-state index is 13.0. The molecule has 0 saturated carbocycles. The van der Waals surface area contributed by atoms with Crippen LogP contribution in [0.2, 0.25) is 0 Å². The molecule has 0 bridgehead atoms. The van der Waals surface area contributed by atoms with Gasteiger partial charge in [-0.05, 0) is 51.1 Å². The van der Waals surface area contributed by atoms with Gasteiger partial charge < -0.3 is 0 Å². The highest BCUT2D eigenvalue weighted by Gasteiger charge is 2.33.